The molecule has 5 nitrogen and oxygen atoms in total. The molecule has 3 heterocycles. The number of aromatic nitrogens is 3. The highest BCUT2D eigenvalue weighted by Crippen LogP contribution is 2.23. The van der Waals surface area contributed by atoms with Crippen molar-refractivity contribution in [2.75, 3.05) is 6.54 Å². The van der Waals surface area contributed by atoms with Crippen LogP contribution in [0.1, 0.15) is 16.8 Å². The molecule has 5 heteroatoms. The summed E-state index contributed by atoms with van der Waals surface area (Å²) in [4.78, 5) is 26.0. The van der Waals surface area contributed by atoms with Crippen LogP contribution in [0.5, 0.6) is 0 Å². The zero-order valence-electron chi connectivity index (χ0n) is 14.9. The summed E-state index contributed by atoms with van der Waals surface area (Å²) in [5.74, 6) is 0.647. The zero-order chi connectivity index (χ0) is 18.2. The predicted molar refractivity (Wildman–Crippen MR) is 106 cm³/mol. The first-order valence-electron chi connectivity index (χ1n) is 9.23. The highest BCUT2D eigenvalue weighted by Gasteiger charge is 2.22. The van der Waals surface area contributed by atoms with Crippen molar-refractivity contribution in [3.8, 4) is 11.4 Å². The molecule has 1 aliphatic heterocycles. The van der Waals surface area contributed by atoms with Gasteiger partial charge in [0.05, 0.1) is 5.69 Å². The third kappa shape index (κ3) is 2.96. The van der Waals surface area contributed by atoms with Crippen molar-refractivity contribution in [2.45, 2.75) is 19.5 Å². The lowest BCUT2D eigenvalue weighted by atomic mass is 10.0. The molecular formula is C22H20N4O. The van der Waals surface area contributed by atoms with Gasteiger partial charge in [-0.1, -0.05) is 48.5 Å². The minimum absolute atomic E-state index is 0.00871. The van der Waals surface area contributed by atoms with Gasteiger partial charge in [0.15, 0.2) is 0 Å². The summed E-state index contributed by atoms with van der Waals surface area (Å²) in [6.07, 6.45) is 2.82. The van der Waals surface area contributed by atoms with Gasteiger partial charge in [0, 0.05) is 47.9 Å². The van der Waals surface area contributed by atoms with Gasteiger partial charge in [0.2, 0.25) is 0 Å². The summed E-state index contributed by atoms with van der Waals surface area (Å²) in [5, 5.41) is 1.26. The largest absolute Gasteiger partial charge is 0.361 e. The Balaban J connectivity index is 1.45. The van der Waals surface area contributed by atoms with Crippen molar-refractivity contribution < 1.29 is 0 Å². The van der Waals surface area contributed by atoms with Gasteiger partial charge in [-0.3, -0.25) is 9.69 Å². The van der Waals surface area contributed by atoms with E-state index in [-0.39, 0.29) is 5.56 Å². The van der Waals surface area contributed by atoms with Gasteiger partial charge >= 0.3 is 0 Å². The molecule has 0 bridgehead atoms. The van der Waals surface area contributed by atoms with Crippen molar-refractivity contribution in [1.82, 2.24) is 19.9 Å². The fraction of sp³-hybridized carbons (Fsp3) is 0.182. The van der Waals surface area contributed by atoms with Gasteiger partial charge in [-0.2, -0.15) is 0 Å². The van der Waals surface area contributed by atoms with Crippen LogP contribution in [0.2, 0.25) is 0 Å². The van der Waals surface area contributed by atoms with Crippen molar-refractivity contribution in [3.63, 3.8) is 0 Å². The molecule has 1 aliphatic rings. The summed E-state index contributed by atoms with van der Waals surface area (Å²) in [6.45, 7) is 2.40. The number of fused-ring (bicyclic) bond motifs is 2. The predicted octanol–water partition coefficient (Wildman–Crippen LogP) is 3.48. The molecule has 27 heavy (non-hydrogen) atoms. The van der Waals surface area contributed by atoms with Gasteiger partial charge in [0.1, 0.15) is 5.82 Å². The summed E-state index contributed by atoms with van der Waals surface area (Å²) in [5.41, 5.74) is 5.08. The molecule has 134 valence electrons. The lowest BCUT2D eigenvalue weighted by molar-refractivity contribution is 0.241. The van der Waals surface area contributed by atoms with E-state index in [1.807, 2.05) is 36.4 Å². The average Bonchev–Trinajstić information content (AvgIpc) is 3.11. The van der Waals surface area contributed by atoms with E-state index in [4.69, 9.17) is 4.98 Å². The first-order valence-corrected chi connectivity index (χ1v) is 9.23. The second-order valence-corrected chi connectivity index (χ2v) is 7.03. The number of benzene rings is 2. The third-order valence-electron chi connectivity index (χ3n) is 5.27. The maximum Gasteiger partial charge on any atom is 0.254 e. The van der Waals surface area contributed by atoms with Crippen molar-refractivity contribution >= 4 is 10.9 Å². The van der Waals surface area contributed by atoms with Gasteiger partial charge in [0.25, 0.3) is 5.56 Å². The van der Waals surface area contributed by atoms with E-state index in [2.05, 4.69) is 39.3 Å². The van der Waals surface area contributed by atoms with Crippen LogP contribution in [0.25, 0.3) is 22.3 Å². The van der Waals surface area contributed by atoms with Crippen LogP contribution in [0.4, 0.5) is 0 Å². The number of rotatable bonds is 3. The number of nitrogens with one attached hydrogen (secondary N) is 2. The lowest BCUT2D eigenvalue weighted by Crippen LogP contribution is -2.35. The number of H-pyrrole nitrogens is 2. The maximum absolute atomic E-state index is 12.5. The smallest absolute Gasteiger partial charge is 0.254 e. The van der Waals surface area contributed by atoms with Gasteiger partial charge in [-0.05, 0) is 18.1 Å². The quantitative estimate of drug-likeness (QED) is 0.591. The minimum atomic E-state index is -0.00871. The maximum atomic E-state index is 12.5. The summed E-state index contributed by atoms with van der Waals surface area (Å²) in [7, 11) is 0. The molecule has 0 aliphatic carbocycles. The van der Waals surface area contributed by atoms with E-state index in [0.29, 0.717) is 12.4 Å². The number of hydrogen-bond acceptors (Lipinski definition) is 3. The number of nitrogens with zero attached hydrogens (tertiary/aromatic N) is 2. The van der Waals surface area contributed by atoms with Crippen LogP contribution in [0, 0.1) is 0 Å². The fourth-order valence-electron chi connectivity index (χ4n) is 3.86. The van der Waals surface area contributed by atoms with Crippen LogP contribution < -0.4 is 5.56 Å². The Morgan fingerprint density at radius 2 is 1.85 bits per heavy atom. The molecule has 2 aromatic heterocycles. The van der Waals surface area contributed by atoms with Crippen molar-refractivity contribution in [2.24, 2.45) is 0 Å². The standard InChI is InChI=1S/C22H20N4O/c27-22-18-10-11-26(13-16-12-23-19-9-5-4-8-17(16)19)14-20(18)24-21(25-22)15-6-2-1-3-7-15/h1-9,12,23H,10-11,13-14H2,(H,24,25,27). The Kier molecular flexibility index (Phi) is 3.87. The topological polar surface area (TPSA) is 64.8 Å². The Labute approximate surface area is 156 Å². The van der Waals surface area contributed by atoms with Gasteiger partial charge < -0.3 is 9.97 Å². The van der Waals surface area contributed by atoms with Crippen LogP contribution in [-0.2, 0) is 19.5 Å². The van der Waals surface area contributed by atoms with E-state index in [0.717, 1.165) is 41.8 Å². The number of para-hydroxylation sites is 1. The Morgan fingerprint density at radius 3 is 2.74 bits per heavy atom. The Bertz CT molecular complexity index is 1160. The molecular weight excluding hydrogens is 336 g/mol. The van der Waals surface area contributed by atoms with Crippen molar-refractivity contribution in [3.05, 3.63) is 88.0 Å². The molecule has 0 fully saturated rings. The molecule has 0 atom stereocenters. The highest BCUT2D eigenvalue weighted by atomic mass is 16.1. The van der Waals surface area contributed by atoms with E-state index >= 15 is 0 Å². The van der Waals surface area contributed by atoms with E-state index in [1.54, 1.807) is 0 Å². The first kappa shape index (κ1) is 16.0. The molecule has 0 saturated heterocycles. The summed E-state index contributed by atoms with van der Waals surface area (Å²) >= 11 is 0. The average molecular weight is 356 g/mol. The highest BCUT2D eigenvalue weighted by molar-refractivity contribution is 5.82. The Hall–Kier alpha value is -3.18. The molecule has 5 rings (SSSR count). The van der Waals surface area contributed by atoms with Crippen LogP contribution >= 0.6 is 0 Å². The molecule has 0 saturated carbocycles. The third-order valence-corrected chi connectivity index (χ3v) is 5.27. The molecule has 4 aromatic rings. The van der Waals surface area contributed by atoms with Crippen molar-refractivity contribution in [1.29, 1.82) is 0 Å². The first-order chi connectivity index (χ1) is 13.3. The van der Waals surface area contributed by atoms with Crippen LogP contribution in [-0.4, -0.2) is 26.4 Å². The number of hydrogen-bond donors (Lipinski definition) is 2. The minimum Gasteiger partial charge on any atom is -0.361 e. The summed E-state index contributed by atoms with van der Waals surface area (Å²) < 4.78 is 0. The summed E-state index contributed by atoms with van der Waals surface area (Å²) in [6, 6.07) is 18.2. The molecule has 0 amide bonds. The second-order valence-electron chi connectivity index (χ2n) is 7.03. The lowest BCUT2D eigenvalue weighted by Gasteiger charge is -2.27. The van der Waals surface area contributed by atoms with Crippen LogP contribution in [0.3, 0.4) is 0 Å². The van der Waals surface area contributed by atoms with E-state index in [1.165, 1.54) is 10.9 Å². The molecule has 0 spiro atoms. The van der Waals surface area contributed by atoms with E-state index < -0.39 is 0 Å². The number of aromatic amines is 2. The normalized spacial score (nSPS) is 14.4. The molecule has 0 unspecified atom stereocenters. The molecule has 2 aromatic carbocycles. The Morgan fingerprint density at radius 1 is 1.04 bits per heavy atom. The zero-order valence-corrected chi connectivity index (χ0v) is 14.9. The van der Waals surface area contributed by atoms with Crippen LogP contribution in [0.15, 0.2) is 65.6 Å². The van der Waals surface area contributed by atoms with Gasteiger partial charge in [-0.15, -0.1) is 0 Å². The molecule has 2 N–H and O–H groups in total. The molecule has 0 radical (unpaired) electrons. The fourth-order valence-corrected chi connectivity index (χ4v) is 3.86. The SMILES string of the molecule is O=c1[nH]c(-c2ccccc2)nc2c1CCN(Cc1c[nH]c3ccccc13)C2. The monoisotopic (exact) mass is 356 g/mol. The van der Waals surface area contributed by atoms with E-state index in [9.17, 15) is 4.79 Å². The second kappa shape index (κ2) is 6.52. The van der Waals surface area contributed by atoms with Gasteiger partial charge in [-0.25, -0.2) is 4.98 Å².